The fraction of sp³-hybridized carbons (Fsp3) is 0.143. The van der Waals surface area contributed by atoms with Crippen LogP contribution in [0, 0.1) is 0 Å². The van der Waals surface area contributed by atoms with Gasteiger partial charge < -0.3 is 5.73 Å². The molecule has 0 radical (unpaired) electrons. The third kappa shape index (κ3) is 4.07. The molecule has 0 aliphatic carbocycles. The first-order valence-electron chi connectivity index (χ1n) is 5.87. The molecule has 0 heterocycles. The highest BCUT2D eigenvalue weighted by atomic mass is 79.9. The molecule has 0 aromatic heterocycles. The van der Waals surface area contributed by atoms with E-state index in [9.17, 15) is 17.4 Å². The molecule has 0 saturated carbocycles. The fourth-order valence-corrected chi connectivity index (χ4v) is 3.20. The Hall–Kier alpha value is -1.34. The Balaban J connectivity index is 2.31. The normalized spacial score (nSPS) is 13.1. The van der Waals surface area contributed by atoms with Crippen molar-refractivity contribution in [2.45, 2.75) is 16.8 Å². The van der Waals surface area contributed by atoms with Crippen LogP contribution in [0.4, 0.5) is 18.9 Å². The van der Waals surface area contributed by atoms with Crippen molar-refractivity contribution < 1.29 is 17.4 Å². The van der Waals surface area contributed by atoms with E-state index in [1.807, 2.05) is 0 Å². The average Bonchev–Trinajstić information content (AvgIpc) is 2.40. The SMILES string of the molecule is Nc1ccc(CS(=O)c2ccc(Br)cc2)c(C(F)(F)F)c1. The molecule has 0 amide bonds. The van der Waals surface area contributed by atoms with Crippen molar-refractivity contribution in [3.63, 3.8) is 0 Å². The summed E-state index contributed by atoms with van der Waals surface area (Å²) in [6, 6.07) is 10.1. The van der Waals surface area contributed by atoms with Crippen molar-refractivity contribution in [1.82, 2.24) is 0 Å². The summed E-state index contributed by atoms with van der Waals surface area (Å²) in [4.78, 5) is 0.475. The van der Waals surface area contributed by atoms with Gasteiger partial charge in [0.05, 0.1) is 22.1 Å². The fourth-order valence-electron chi connectivity index (χ4n) is 1.79. The zero-order chi connectivity index (χ0) is 15.6. The molecule has 21 heavy (non-hydrogen) atoms. The van der Waals surface area contributed by atoms with Crippen LogP contribution in [0.3, 0.4) is 0 Å². The second-order valence-corrected chi connectivity index (χ2v) is 6.72. The number of benzene rings is 2. The Morgan fingerprint density at radius 3 is 2.29 bits per heavy atom. The van der Waals surface area contributed by atoms with E-state index < -0.39 is 22.5 Å². The highest BCUT2D eigenvalue weighted by Gasteiger charge is 2.33. The van der Waals surface area contributed by atoms with E-state index in [1.165, 1.54) is 12.1 Å². The summed E-state index contributed by atoms with van der Waals surface area (Å²) in [5.74, 6) is -0.212. The summed E-state index contributed by atoms with van der Waals surface area (Å²) in [6.07, 6.45) is -4.52. The van der Waals surface area contributed by atoms with Gasteiger partial charge in [0.25, 0.3) is 0 Å². The predicted molar refractivity (Wildman–Crippen MR) is 80.1 cm³/mol. The molecule has 0 aliphatic rings. The quantitative estimate of drug-likeness (QED) is 0.807. The number of nitrogens with two attached hydrogens (primary N) is 1. The molecule has 1 unspecified atom stereocenters. The molecule has 0 aliphatic heterocycles. The van der Waals surface area contributed by atoms with E-state index in [2.05, 4.69) is 15.9 Å². The van der Waals surface area contributed by atoms with Gasteiger partial charge in [-0.15, -0.1) is 0 Å². The summed E-state index contributed by atoms with van der Waals surface area (Å²) >= 11 is 3.25. The number of nitrogen functional groups attached to an aromatic ring is 1. The van der Waals surface area contributed by atoms with Crippen LogP contribution in [-0.2, 0) is 22.7 Å². The largest absolute Gasteiger partial charge is 0.416 e. The van der Waals surface area contributed by atoms with Crippen LogP contribution >= 0.6 is 15.9 Å². The van der Waals surface area contributed by atoms with Crippen LogP contribution in [0.2, 0.25) is 0 Å². The maximum atomic E-state index is 13.0. The molecule has 0 saturated heterocycles. The van der Waals surface area contributed by atoms with Gasteiger partial charge in [-0.3, -0.25) is 4.21 Å². The highest BCUT2D eigenvalue weighted by molar-refractivity contribution is 9.10. The molecule has 2 aromatic carbocycles. The molecule has 2 rings (SSSR count). The zero-order valence-corrected chi connectivity index (χ0v) is 13.1. The minimum Gasteiger partial charge on any atom is -0.399 e. The van der Waals surface area contributed by atoms with E-state index in [-0.39, 0.29) is 17.0 Å². The molecule has 112 valence electrons. The van der Waals surface area contributed by atoms with Gasteiger partial charge in [0, 0.05) is 15.1 Å². The van der Waals surface area contributed by atoms with Gasteiger partial charge in [0.15, 0.2) is 0 Å². The van der Waals surface area contributed by atoms with E-state index in [1.54, 1.807) is 24.3 Å². The number of alkyl halides is 3. The molecule has 2 aromatic rings. The average molecular weight is 378 g/mol. The first kappa shape index (κ1) is 16.0. The van der Waals surface area contributed by atoms with Crippen LogP contribution in [0.25, 0.3) is 0 Å². The van der Waals surface area contributed by atoms with Crippen molar-refractivity contribution >= 4 is 32.4 Å². The van der Waals surface area contributed by atoms with Crippen LogP contribution in [0.1, 0.15) is 11.1 Å². The van der Waals surface area contributed by atoms with Crippen LogP contribution < -0.4 is 5.73 Å². The van der Waals surface area contributed by atoms with Gasteiger partial charge in [-0.1, -0.05) is 22.0 Å². The van der Waals surface area contributed by atoms with E-state index >= 15 is 0 Å². The lowest BCUT2D eigenvalue weighted by molar-refractivity contribution is -0.138. The Kier molecular flexibility index (Phi) is 4.73. The van der Waals surface area contributed by atoms with Crippen molar-refractivity contribution in [2.24, 2.45) is 0 Å². The van der Waals surface area contributed by atoms with Gasteiger partial charge in [0.1, 0.15) is 0 Å². The second kappa shape index (κ2) is 6.19. The number of rotatable bonds is 3. The lowest BCUT2D eigenvalue weighted by atomic mass is 10.1. The zero-order valence-electron chi connectivity index (χ0n) is 10.7. The summed E-state index contributed by atoms with van der Waals surface area (Å²) < 4.78 is 51.9. The Bertz CT molecular complexity index is 671. The van der Waals surface area contributed by atoms with Crippen LogP contribution in [-0.4, -0.2) is 4.21 Å². The smallest absolute Gasteiger partial charge is 0.399 e. The minimum atomic E-state index is -4.52. The van der Waals surface area contributed by atoms with Gasteiger partial charge >= 0.3 is 6.18 Å². The molecule has 0 spiro atoms. The van der Waals surface area contributed by atoms with E-state index in [4.69, 9.17) is 5.73 Å². The third-order valence-corrected chi connectivity index (χ3v) is 4.70. The maximum Gasteiger partial charge on any atom is 0.416 e. The molecule has 1 atom stereocenters. The number of anilines is 1. The molecule has 2 N–H and O–H groups in total. The Morgan fingerprint density at radius 2 is 1.71 bits per heavy atom. The van der Waals surface area contributed by atoms with Crippen LogP contribution in [0.15, 0.2) is 51.8 Å². The molecule has 0 fully saturated rings. The standard InChI is InChI=1S/C14H11BrF3NOS/c15-10-2-5-12(6-3-10)21(20)8-9-1-4-11(19)7-13(9)14(16,17)18/h1-7H,8,19H2. The van der Waals surface area contributed by atoms with E-state index in [0.29, 0.717) is 4.90 Å². The topological polar surface area (TPSA) is 43.1 Å². The van der Waals surface area contributed by atoms with Gasteiger partial charge in [0.2, 0.25) is 0 Å². The lowest BCUT2D eigenvalue weighted by Crippen LogP contribution is -2.11. The van der Waals surface area contributed by atoms with Crippen molar-refractivity contribution in [3.05, 3.63) is 58.1 Å². The van der Waals surface area contributed by atoms with E-state index in [0.717, 1.165) is 10.5 Å². The molecular formula is C14H11BrF3NOS. The number of hydrogen-bond donors (Lipinski definition) is 1. The number of halogens is 4. The highest BCUT2D eigenvalue weighted by Crippen LogP contribution is 2.34. The van der Waals surface area contributed by atoms with Crippen LogP contribution in [0.5, 0.6) is 0 Å². The molecular weight excluding hydrogens is 367 g/mol. The van der Waals surface area contributed by atoms with Gasteiger partial charge in [-0.25, -0.2) is 0 Å². The predicted octanol–water partition coefficient (Wildman–Crippen LogP) is 4.36. The summed E-state index contributed by atoms with van der Waals surface area (Å²) in [5, 5.41) is 0. The van der Waals surface area contributed by atoms with Crippen molar-refractivity contribution in [1.29, 1.82) is 0 Å². The summed E-state index contributed by atoms with van der Waals surface area (Å²) in [5.41, 5.74) is 4.56. The molecule has 7 heteroatoms. The Labute approximate surface area is 130 Å². The monoisotopic (exact) mass is 377 g/mol. The van der Waals surface area contributed by atoms with Gasteiger partial charge in [-0.05, 0) is 42.0 Å². The maximum absolute atomic E-state index is 13.0. The first-order valence-corrected chi connectivity index (χ1v) is 7.98. The molecule has 0 bridgehead atoms. The second-order valence-electron chi connectivity index (χ2n) is 4.36. The Morgan fingerprint density at radius 1 is 1.10 bits per heavy atom. The van der Waals surface area contributed by atoms with Crippen molar-refractivity contribution in [3.8, 4) is 0 Å². The first-order chi connectivity index (χ1) is 9.77. The summed E-state index contributed by atoms with van der Waals surface area (Å²) in [6.45, 7) is 0. The minimum absolute atomic E-state index is 0.0282. The third-order valence-electron chi connectivity index (χ3n) is 2.80. The lowest BCUT2D eigenvalue weighted by Gasteiger charge is -2.13. The van der Waals surface area contributed by atoms with Crippen molar-refractivity contribution in [2.75, 3.05) is 5.73 Å². The number of hydrogen-bond acceptors (Lipinski definition) is 2. The molecule has 2 nitrogen and oxygen atoms in total. The summed E-state index contributed by atoms with van der Waals surface area (Å²) in [7, 11) is -1.56. The van der Waals surface area contributed by atoms with Gasteiger partial charge in [-0.2, -0.15) is 13.2 Å².